The van der Waals surface area contributed by atoms with Gasteiger partial charge in [0.2, 0.25) is 5.88 Å². The van der Waals surface area contributed by atoms with Gasteiger partial charge in [-0.15, -0.1) is 0 Å². The number of pyridine rings is 1. The molecular formula is C17H19Cl2NO2. The van der Waals surface area contributed by atoms with Crippen molar-refractivity contribution in [2.45, 2.75) is 31.8 Å². The van der Waals surface area contributed by atoms with Crippen LogP contribution in [0.5, 0.6) is 5.88 Å². The highest BCUT2D eigenvalue weighted by Crippen LogP contribution is 2.39. The molecule has 0 bridgehead atoms. The number of nitrogens with zero attached hydrogens (tertiary/aromatic N) is 1. The first-order chi connectivity index (χ1) is 10.6. The molecule has 2 aromatic rings. The fraction of sp³-hybridized carbons (Fsp3) is 0.353. The average Bonchev–Trinajstić information content (AvgIpc) is 2.54. The van der Waals surface area contributed by atoms with Gasteiger partial charge in [0.15, 0.2) is 0 Å². The van der Waals surface area contributed by atoms with E-state index in [0.717, 1.165) is 18.4 Å². The second-order valence-corrected chi connectivity index (χ2v) is 5.93. The first-order valence-electron chi connectivity index (χ1n) is 7.20. The number of benzene rings is 1. The number of halogens is 2. The van der Waals surface area contributed by atoms with E-state index in [1.54, 1.807) is 25.4 Å². The molecule has 0 fully saturated rings. The minimum absolute atomic E-state index is 0.0992. The largest absolute Gasteiger partial charge is 0.481 e. The molecule has 3 nitrogen and oxygen atoms in total. The van der Waals surface area contributed by atoms with Crippen molar-refractivity contribution < 1.29 is 9.84 Å². The Bertz CT molecular complexity index is 634. The Balaban J connectivity index is 2.40. The van der Waals surface area contributed by atoms with Crippen LogP contribution < -0.4 is 4.74 Å². The Labute approximate surface area is 140 Å². The maximum absolute atomic E-state index is 10.8. The lowest BCUT2D eigenvalue weighted by Crippen LogP contribution is -2.12. The van der Waals surface area contributed by atoms with E-state index in [-0.39, 0.29) is 5.92 Å². The van der Waals surface area contributed by atoms with Gasteiger partial charge in [-0.3, -0.25) is 0 Å². The number of methoxy groups -OCH3 is 1. The second kappa shape index (κ2) is 7.82. The molecule has 22 heavy (non-hydrogen) atoms. The smallest absolute Gasteiger partial charge is 0.218 e. The van der Waals surface area contributed by atoms with Crippen LogP contribution in [0, 0.1) is 0 Å². The Kier molecular flexibility index (Phi) is 6.07. The summed E-state index contributed by atoms with van der Waals surface area (Å²) in [6.45, 7) is 2.08. The van der Waals surface area contributed by atoms with Crippen molar-refractivity contribution in [2.24, 2.45) is 0 Å². The van der Waals surface area contributed by atoms with Crippen molar-refractivity contribution in [3.05, 3.63) is 57.7 Å². The summed E-state index contributed by atoms with van der Waals surface area (Å²) in [5.74, 6) is 0.342. The third-order valence-electron chi connectivity index (χ3n) is 3.67. The lowest BCUT2D eigenvalue weighted by molar-refractivity contribution is 0.135. The molecule has 0 radical (unpaired) electrons. The quantitative estimate of drug-likeness (QED) is 0.803. The zero-order chi connectivity index (χ0) is 16.1. The molecular weight excluding hydrogens is 321 g/mol. The van der Waals surface area contributed by atoms with Crippen LogP contribution in [-0.4, -0.2) is 17.2 Å². The van der Waals surface area contributed by atoms with E-state index < -0.39 is 6.10 Å². The number of ether oxygens (including phenoxy) is 1. The predicted octanol–water partition coefficient (Wildman–Crippen LogP) is 5.01. The van der Waals surface area contributed by atoms with Crippen LogP contribution in [0.15, 0.2) is 36.5 Å². The fourth-order valence-corrected chi connectivity index (χ4v) is 2.88. The number of hydrogen-bond donors (Lipinski definition) is 1. The van der Waals surface area contributed by atoms with Crippen molar-refractivity contribution in [1.82, 2.24) is 4.98 Å². The highest BCUT2D eigenvalue weighted by molar-refractivity contribution is 6.42. The standard InChI is InChI=1S/C17H19Cl2NO2/c1-3-5-12(11-7-8-14(18)15(19)10-11)16(21)13-6-4-9-20-17(13)22-2/h4,6-10,12,16,21H,3,5H2,1-2H3/t12-,16-/m1/s1. The molecule has 0 amide bonds. The summed E-state index contributed by atoms with van der Waals surface area (Å²) in [5, 5.41) is 11.8. The van der Waals surface area contributed by atoms with E-state index in [1.807, 2.05) is 18.2 Å². The van der Waals surface area contributed by atoms with Crippen LogP contribution >= 0.6 is 23.2 Å². The van der Waals surface area contributed by atoms with Gasteiger partial charge in [-0.1, -0.05) is 42.6 Å². The van der Waals surface area contributed by atoms with Crippen LogP contribution in [-0.2, 0) is 0 Å². The molecule has 0 saturated carbocycles. The van der Waals surface area contributed by atoms with Crippen LogP contribution in [0.4, 0.5) is 0 Å². The molecule has 118 valence electrons. The summed E-state index contributed by atoms with van der Waals surface area (Å²) in [6, 6.07) is 9.10. The highest BCUT2D eigenvalue weighted by Gasteiger charge is 2.25. The fourth-order valence-electron chi connectivity index (χ4n) is 2.58. The number of rotatable bonds is 6. The van der Waals surface area contributed by atoms with Crippen LogP contribution in [0.1, 0.15) is 42.9 Å². The van der Waals surface area contributed by atoms with Gasteiger partial charge in [-0.05, 0) is 36.2 Å². The van der Waals surface area contributed by atoms with Crippen molar-refractivity contribution in [3.63, 3.8) is 0 Å². The van der Waals surface area contributed by atoms with Gasteiger partial charge in [0.1, 0.15) is 0 Å². The summed E-state index contributed by atoms with van der Waals surface area (Å²) in [6.07, 6.45) is 2.67. The van der Waals surface area contributed by atoms with Gasteiger partial charge in [-0.2, -0.15) is 0 Å². The maximum atomic E-state index is 10.8. The molecule has 1 aromatic heterocycles. The molecule has 1 N–H and O–H groups in total. The average molecular weight is 340 g/mol. The number of aliphatic hydroxyl groups excluding tert-OH is 1. The van der Waals surface area contributed by atoms with E-state index >= 15 is 0 Å². The van der Waals surface area contributed by atoms with Crippen LogP contribution in [0.25, 0.3) is 0 Å². The monoisotopic (exact) mass is 339 g/mol. The van der Waals surface area contributed by atoms with Crippen molar-refractivity contribution >= 4 is 23.2 Å². The molecule has 1 aromatic carbocycles. The third kappa shape index (κ3) is 3.72. The maximum Gasteiger partial charge on any atom is 0.218 e. The van der Waals surface area contributed by atoms with Gasteiger partial charge in [0.25, 0.3) is 0 Å². The van der Waals surface area contributed by atoms with Gasteiger partial charge in [-0.25, -0.2) is 4.98 Å². The zero-order valence-corrected chi connectivity index (χ0v) is 14.1. The molecule has 0 unspecified atom stereocenters. The topological polar surface area (TPSA) is 42.4 Å². The number of aromatic nitrogens is 1. The summed E-state index contributed by atoms with van der Waals surface area (Å²) in [7, 11) is 1.55. The zero-order valence-electron chi connectivity index (χ0n) is 12.6. The van der Waals surface area contributed by atoms with E-state index in [9.17, 15) is 5.11 Å². The lowest BCUT2D eigenvalue weighted by atomic mass is 9.86. The molecule has 0 aliphatic rings. The van der Waals surface area contributed by atoms with E-state index in [0.29, 0.717) is 21.5 Å². The third-order valence-corrected chi connectivity index (χ3v) is 4.40. The van der Waals surface area contributed by atoms with Gasteiger partial charge in [0.05, 0.1) is 23.3 Å². The first-order valence-corrected chi connectivity index (χ1v) is 7.96. The van der Waals surface area contributed by atoms with E-state index in [1.165, 1.54) is 0 Å². The van der Waals surface area contributed by atoms with Crippen molar-refractivity contribution in [1.29, 1.82) is 0 Å². The van der Waals surface area contributed by atoms with Crippen LogP contribution in [0.2, 0.25) is 10.0 Å². The summed E-state index contributed by atoms with van der Waals surface area (Å²) >= 11 is 12.1. The Hall–Kier alpha value is -1.29. The second-order valence-electron chi connectivity index (χ2n) is 5.12. The predicted molar refractivity (Wildman–Crippen MR) is 89.9 cm³/mol. The van der Waals surface area contributed by atoms with E-state index in [4.69, 9.17) is 27.9 Å². The molecule has 0 saturated heterocycles. The number of hydrogen-bond acceptors (Lipinski definition) is 3. The molecule has 0 aliphatic heterocycles. The highest BCUT2D eigenvalue weighted by atomic mass is 35.5. The van der Waals surface area contributed by atoms with Crippen molar-refractivity contribution in [3.8, 4) is 5.88 Å². The lowest BCUT2D eigenvalue weighted by Gasteiger charge is -2.24. The minimum Gasteiger partial charge on any atom is -0.481 e. The van der Waals surface area contributed by atoms with Crippen molar-refractivity contribution in [2.75, 3.05) is 7.11 Å². The van der Waals surface area contributed by atoms with Gasteiger partial charge in [0, 0.05) is 17.7 Å². The SMILES string of the molecule is CCC[C@H](c1ccc(Cl)c(Cl)c1)[C@@H](O)c1cccnc1OC. The molecule has 0 aliphatic carbocycles. The van der Waals surface area contributed by atoms with Gasteiger partial charge < -0.3 is 9.84 Å². The molecule has 2 atom stereocenters. The normalized spacial score (nSPS) is 13.7. The van der Waals surface area contributed by atoms with Crippen LogP contribution in [0.3, 0.4) is 0 Å². The summed E-state index contributed by atoms with van der Waals surface area (Å²) < 4.78 is 5.26. The molecule has 1 heterocycles. The Morgan fingerprint density at radius 1 is 1.23 bits per heavy atom. The molecule has 0 spiro atoms. The van der Waals surface area contributed by atoms with E-state index in [2.05, 4.69) is 11.9 Å². The molecule has 5 heteroatoms. The first kappa shape index (κ1) is 17.1. The summed E-state index contributed by atoms with van der Waals surface area (Å²) in [4.78, 5) is 4.16. The summed E-state index contributed by atoms with van der Waals surface area (Å²) in [5.41, 5.74) is 1.63. The minimum atomic E-state index is -0.721. The molecule has 2 rings (SSSR count). The number of aliphatic hydroxyl groups is 1. The van der Waals surface area contributed by atoms with Gasteiger partial charge >= 0.3 is 0 Å². The Morgan fingerprint density at radius 3 is 2.64 bits per heavy atom. The Morgan fingerprint density at radius 2 is 2.00 bits per heavy atom.